The Morgan fingerprint density at radius 3 is 2.86 bits per heavy atom. The van der Waals surface area contributed by atoms with Gasteiger partial charge in [0.1, 0.15) is 0 Å². The summed E-state index contributed by atoms with van der Waals surface area (Å²) >= 11 is 3.30. The third-order valence-electron chi connectivity index (χ3n) is 2.22. The lowest BCUT2D eigenvalue weighted by Gasteiger charge is -2.00. The average molecular weight is 222 g/mol. The SMILES string of the molecule is CSc1ccc(C)c2cc(C=O)sc12. The summed E-state index contributed by atoms with van der Waals surface area (Å²) in [4.78, 5) is 12.8. The minimum Gasteiger partial charge on any atom is -0.297 e. The summed E-state index contributed by atoms with van der Waals surface area (Å²) in [7, 11) is 0. The van der Waals surface area contributed by atoms with Crippen LogP contribution in [0.3, 0.4) is 0 Å². The minimum atomic E-state index is 0.810. The summed E-state index contributed by atoms with van der Waals surface area (Å²) in [6, 6.07) is 6.20. The van der Waals surface area contributed by atoms with Crippen molar-refractivity contribution in [3.8, 4) is 0 Å². The summed E-state index contributed by atoms with van der Waals surface area (Å²) in [6.07, 6.45) is 2.98. The van der Waals surface area contributed by atoms with E-state index >= 15 is 0 Å². The van der Waals surface area contributed by atoms with Gasteiger partial charge in [0, 0.05) is 9.60 Å². The zero-order valence-electron chi connectivity index (χ0n) is 8.03. The van der Waals surface area contributed by atoms with Gasteiger partial charge in [0.15, 0.2) is 6.29 Å². The lowest BCUT2D eigenvalue weighted by Crippen LogP contribution is -1.75. The second-order valence-corrected chi connectivity index (χ2v) is 5.03. The Kier molecular flexibility index (Phi) is 2.61. The maximum atomic E-state index is 10.7. The van der Waals surface area contributed by atoms with Crippen LogP contribution in [-0.2, 0) is 0 Å². The van der Waals surface area contributed by atoms with E-state index in [-0.39, 0.29) is 0 Å². The van der Waals surface area contributed by atoms with Gasteiger partial charge < -0.3 is 0 Å². The molecule has 1 heterocycles. The molecule has 14 heavy (non-hydrogen) atoms. The van der Waals surface area contributed by atoms with E-state index in [1.165, 1.54) is 20.5 Å². The number of benzene rings is 1. The first-order chi connectivity index (χ1) is 6.76. The monoisotopic (exact) mass is 222 g/mol. The number of aryl methyl sites for hydroxylation is 1. The summed E-state index contributed by atoms with van der Waals surface area (Å²) in [5.74, 6) is 0. The van der Waals surface area contributed by atoms with Crippen LogP contribution in [0.2, 0.25) is 0 Å². The Labute approximate surface area is 91.1 Å². The molecule has 1 aromatic carbocycles. The van der Waals surface area contributed by atoms with Crippen molar-refractivity contribution in [2.75, 3.05) is 6.26 Å². The summed E-state index contributed by atoms with van der Waals surface area (Å²) in [6.45, 7) is 2.08. The van der Waals surface area contributed by atoms with Gasteiger partial charge in [-0.3, -0.25) is 4.79 Å². The number of aldehydes is 1. The van der Waals surface area contributed by atoms with Gasteiger partial charge in [-0.05, 0) is 36.3 Å². The molecule has 0 aliphatic heterocycles. The van der Waals surface area contributed by atoms with Gasteiger partial charge in [-0.1, -0.05) is 6.07 Å². The van der Waals surface area contributed by atoms with Gasteiger partial charge in [-0.15, -0.1) is 23.1 Å². The summed E-state index contributed by atoms with van der Waals surface area (Å²) in [5.41, 5.74) is 1.24. The Morgan fingerprint density at radius 1 is 1.43 bits per heavy atom. The van der Waals surface area contributed by atoms with Gasteiger partial charge in [0.2, 0.25) is 0 Å². The fourth-order valence-electron chi connectivity index (χ4n) is 1.47. The van der Waals surface area contributed by atoms with Crippen LogP contribution in [-0.4, -0.2) is 12.5 Å². The van der Waals surface area contributed by atoms with E-state index in [0.29, 0.717) is 0 Å². The normalized spacial score (nSPS) is 10.7. The second-order valence-electron chi connectivity index (χ2n) is 3.09. The molecule has 0 spiro atoms. The summed E-state index contributed by atoms with van der Waals surface area (Å²) in [5, 5.41) is 1.21. The van der Waals surface area contributed by atoms with Gasteiger partial charge in [0.25, 0.3) is 0 Å². The van der Waals surface area contributed by atoms with Gasteiger partial charge >= 0.3 is 0 Å². The van der Waals surface area contributed by atoms with Crippen molar-refractivity contribution < 1.29 is 4.79 Å². The lowest BCUT2D eigenvalue weighted by atomic mass is 10.1. The first kappa shape index (κ1) is 9.74. The predicted octanol–water partition coefficient (Wildman–Crippen LogP) is 3.74. The van der Waals surface area contributed by atoms with E-state index in [2.05, 4.69) is 25.3 Å². The average Bonchev–Trinajstić information content (AvgIpc) is 2.63. The summed E-state index contributed by atoms with van der Waals surface area (Å²) < 4.78 is 1.24. The van der Waals surface area contributed by atoms with E-state index in [1.807, 2.05) is 6.07 Å². The number of rotatable bonds is 2. The Morgan fingerprint density at radius 2 is 2.21 bits per heavy atom. The molecule has 0 saturated heterocycles. The minimum absolute atomic E-state index is 0.810. The molecule has 2 rings (SSSR count). The van der Waals surface area contributed by atoms with Crippen molar-refractivity contribution in [3.05, 3.63) is 28.6 Å². The second kappa shape index (κ2) is 3.75. The molecule has 0 saturated carbocycles. The lowest BCUT2D eigenvalue weighted by molar-refractivity contribution is 0.112. The molecule has 1 aromatic heterocycles. The highest BCUT2D eigenvalue weighted by molar-refractivity contribution is 7.99. The Balaban J connectivity index is 2.81. The molecule has 72 valence electrons. The van der Waals surface area contributed by atoms with Crippen molar-refractivity contribution >= 4 is 39.5 Å². The van der Waals surface area contributed by atoms with Crippen LogP contribution in [0.5, 0.6) is 0 Å². The first-order valence-corrected chi connectivity index (χ1v) is 6.32. The van der Waals surface area contributed by atoms with Crippen molar-refractivity contribution in [2.24, 2.45) is 0 Å². The highest BCUT2D eigenvalue weighted by Gasteiger charge is 2.07. The molecular formula is C11H10OS2. The number of hydrogen-bond donors (Lipinski definition) is 0. The van der Waals surface area contributed by atoms with Gasteiger partial charge in [-0.2, -0.15) is 0 Å². The Bertz CT molecular complexity index is 485. The number of carbonyl (C=O) groups excluding carboxylic acids is 1. The topological polar surface area (TPSA) is 17.1 Å². The molecule has 0 aliphatic rings. The highest BCUT2D eigenvalue weighted by Crippen LogP contribution is 2.34. The Hall–Kier alpha value is -0.800. The molecule has 3 heteroatoms. The van der Waals surface area contributed by atoms with Crippen LogP contribution in [0.15, 0.2) is 23.1 Å². The number of hydrogen-bond acceptors (Lipinski definition) is 3. The number of fused-ring (bicyclic) bond motifs is 1. The van der Waals surface area contributed by atoms with Gasteiger partial charge in [-0.25, -0.2) is 0 Å². The van der Waals surface area contributed by atoms with Crippen LogP contribution in [0.1, 0.15) is 15.2 Å². The molecule has 0 aliphatic carbocycles. The zero-order chi connectivity index (χ0) is 10.1. The largest absolute Gasteiger partial charge is 0.297 e. The smallest absolute Gasteiger partial charge is 0.160 e. The van der Waals surface area contributed by atoms with Crippen LogP contribution in [0.4, 0.5) is 0 Å². The van der Waals surface area contributed by atoms with Crippen molar-refractivity contribution in [2.45, 2.75) is 11.8 Å². The van der Waals surface area contributed by atoms with E-state index in [9.17, 15) is 4.79 Å². The molecule has 0 unspecified atom stereocenters. The highest BCUT2D eigenvalue weighted by atomic mass is 32.2. The molecule has 0 amide bonds. The third-order valence-corrected chi connectivity index (χ3v) is 4.22. The van der Waals surface area contributed by atoms with Crippen molar-refractivity contribution in [1.82, 2.24) is 0 Å². The zero-order valence-corrected chi connectivity index (χ0v) is 9.67. The standard InChI is InChI=1S/C11H10OS2/c1-7-3-4-10(13-2)11-9(7)5-8(6-12)14-11/h3-6H,1-2H3. The maximum absolute atomic E-state index is 10.7. The van der Waals surface area contributed by atoms with Crippen LogP contribution < -0.4 is 0 Å². The fourth-order valence-corrected chi connectivity index (χ4v) is 3.30. The number of thiophene rings is 1. The van der Waals surface area contributed by atoms with Crippen molar-refractivity contribution in [3.63, 3.8) is 0 Å². The molecule has 2 aromatic rings. The first-order valence-electron chi connectivity index (χ1n) is 4.28. The molecule has 0 N–H and O–H groups in total. The van der Waals surface area contributed by atoms with E-state index in [1.54, 1.807) is 23.1 Å². The third kappa shape index (κ3) is 1.47. The van der Waals surface area contributed by atoms with E-state index in [0.717, 1.165) is 11.2 Å². The predicted molar refractivity (Wildman–Crippen MR) is 63.7 cm³/mol. The molecule has 0 fully saturated rings. The fraction of sp³-hybridized carbons (Fsp3) is 0.182. The molecule has 0 bridgehead atoms. The van der Waals surface area contributed by atoms with Gasteiger partial charge in [0.05, 0.1) is 4.88 Å². The molecular weight excluding hydrogens is 212 g/mol. The van der Waals surface area contributed by atoms with E-state index < -0.39 is 0 Å². The number of carbonyl (C=O) groups is 1. The number of thioether (sulfide) groups is 1. The molecule has 1 nitrogen and oxygen atoms in total. The van der Waals surface area contributed by atoms with Crippen molar-refractivity contribution in [1.29, 1.82) is 0 Å². The van der Waals surface area contributed by atoms with Crippen LogP contribution >= 0.6 is 23.1 Å². The quantitative estimate of drug-likeness (QED) is 0.568. The maximum Gasteiger partial charge on any atom is 0.160 e. The molecule has 0 atom stereocenters. The van der Waals surface area contributed by atoms with E-state index in [4.69, 9.17) is 0 Å². The van der Waals surface area contributed by atoms with Crippen LogP contribution in [0, 0.1) is 6.92 Å². The molecule has 0 radical (unpaired) electrons. The van der Waals surface area contributed by atoms with Crippen LogP contribution in [0.25, 0.3) is 10.1 Å².